The molecule has 1 aliphatic carbocycles. The van der Waals surface area contributed by atoms with Crippen LogP contribution < -0.4 is 5.73 Å². The van der Waals surface area contributed by atoms with E-state index in [0.717, 1.165) is 11.3 Å². The van der Waals surface area contributed by atoms with Gasteiger partial charge in [-0.25, -0.2) is 4.68 Å². The van der Waals surface area contributed by atoms with Crippen molar-refractivity contribution >= 4 is 11.6 Å². The second-order valence-electron chi connectivity index (χ2n) is 4.44. The molecule has 0 amide bonds. The minimum absolute atomic E-state index is 0.464. The molecule has 1 aliphatic rings. The predicted octanol–water partition coefficient (Wildman–Crippen LogP) is 2.86. The molecule has 1 fully saturated rings. The molecule has 1 aromatic heterocycles. The summed E-state index contributed by atoms with van der Waals surface area (Å²) in [5.74, 6) is 0.676. The molecule has 1 heterocycles. The average molecular weight is 248 g/mol. The molecule has 0 aliphatic heterocycles. The fourth-order valence-corrected chi connectivity index (χ4v) is 2.17. The Balaban J connectivity index is 1.93. The van der Waals surface area contributed by atoms with Crippen LogP contribution in [0.5, 0.6) is 0 Å². The van der Waals surface area contributed by atoms with E-state index in [1.165, 1.54) is 18.5 Å². The lowest BCUT2D eigenvalue weighted by Crippen LogP contribution is -2.00. The molecule has 3 nitrogen and oxygen atoms in total. The number of hydrogen-bond acceptors (Lipinski definition) is 2. The smallest absolute Gasteiger partial charge is 0.0660 e. The van der Waals surface area contributed by atoms with Crippen molar-refractivity contribution < 1.29 is 0 Å². The Morgan fingerprint density at radius 2 is 2.18 bits per heavy atom. The zero-order valence-corrected chi connectivity index (χ0v) is 10.2. The summed E-state index contributed by atoms with van der Waals surface area (Å²) in [5, 5.41) is 5.27. The van der Waals surface area contributed by atoms with Gasteiger partial charge in [-0.3, -0.25) is 0 Å². The lowest BCUT2D eigenvalue weighted by Gasteiger charge is -2.05. The van der Waals surface area contributed by atoms with Crippen molar-refractivity contribution in [2.75, 3.05) is 0 Å². The third-order valence-electron chi connectivity index (χ3n) is 3.13. The Kier molecular flexibility index (Phi) is 2.65. The topological polar surface area (TPSA) is 43.8 Å². The van der Waals surface area contributed by atoms with Crippen LogP contribution in [0.2, 0.25) is 5.02 Å². The van der Waals surface area contributed by atoms with Crippen LogP contribution in [0.15, 0.2) is 30.5 Å². The van der Waals surface area contributed by atoms with E-state index in [4.69, 9.17) is 17.3 Å². The third kappa shape index (κ3) is 2.08. The van der Waals surface area contributed by atoms with E-state index in [0.29, 0.717) is 17.5 Å². The second-order valence-corrected chi connectivity index (χ2v) is 4.85. The molecule has 17 heavy (non-hydrogen) atoms. The summed E-state index contributed by atoms with van der Waals surface area (Å²) in [5.41, 5.74) is 8.72. The van der Waals surface area contributed by atoms with E-state index in [2.05, 4.69) is 11.2 Å². The molecule has 0 unspecified atom stereocenters. The molecule has 1 saturated carbocycles. The summed E-state index contributed by atoms with van der Waals surface area (Å²) in [6.07, 6.45) is 4.52. The first-order chi connectivity index (χ1) is 8.28. The number of nitrogens with zero attached hydrogens (tertiary/aromatic N) is 2. The molecule has 0 spiro atoms. The van der Waals surface area contributed by atoms with Crippen molar-refractivity contribution in [3.8, 4) is 5.69 Å². The maximum atomic E-state index is 6.14. The highest BCUT2D eigenvalue weighted by atomic mass is 35.5. The van der Waals surface area contributed by atoms with Gasteiger partial charge in [0.1, 0.15) is 0 Å². The average Bonchev–Trinajstić information content (AvgIpc) is 3.07. The van der Waals surface area contributed by atoms with Crippen molar-refractivity contribution in [1.82, 2.24) is 9.78 Å². The summed E-state index contributed by atoms with van der Waals surface area (Å²) in [6, 6.07) is 7.95. The van der Waals surface area contributed by atoms with Crippen molar-refractivity contribution in [1.29, 1.82) is 0 Å². The molecule has 4 heteroatoms. The van der Waals surface area contributed by atoms with Gasteiger partial charge in [-0.2, -0.15) is 5.10 Å². The van der Waals surface area contributed by atoms with Gasteiger partial charge in [0.25, 0.3) is 0 Å². The summed E-state index contributed by atoms with van der Waals surface area (Å²) >= 11 is 6.14. The SMILES string of the molecule is NCc1ccc(-n2ccc(C3CC3)n2)cc1Cl. The molecular weight excluding hydrogens is 234 g/mol. The van der Waals surface area contributed by atoms with Crippen LogP contribution in [-0.2, 0) is 6.54 Å². The van der Waals surface area contributed by atoms with Crippen molar-refractivity contribution in [3.05, 3.63) is 46.7 Å². The summed E-state index contributed by atoms with van der Waals surface area (Å²) in [4.78, 5) is 0. The van der Waals surface area contributed by atoms with Gasteiger partial charge in [0.05, 0.1) is 11.4 Å². The van der Waals surface area contributed by atoms with E-state index in [-0.39, 0.29) is 0 Å². The highest BCUT2D eigenvalue weighted by Gasteiger charge is 2.25. The number of aromatic nitrogens is 2. The van der Waals surface area contributed by atoms with Gasteiger partial charge in [0.2, 0.25) is 0 Å². The van der Waals surface area contributed by atoms with Crippen LogP contribution in [0.1, 0.15) is 30.0 Å². The van der Waals surface area contributed by atoms with Crippen LogP contribution in [-0.4, -0.2) is 9.78 Å². The van der Waals surface area contributed by atoms with Gasteiger partial charge in [-0.05, 0) is 36.6 Å². The quantitative estimate of drug-likeness (QED) is 0.907. The van der Waals surface area contributed by atoms with Crippen LogP contribution in [0.25, 0.3) is 5.69 Å². The summed E-state index contributed by atoms with van der Waals surface area (Å²) in [6.45, 7) is 0.464. The Morgan fingerprint density at radius 1 is 1.35 bits per heavy atom. The number of benzene rings is 1. The van der Waals surface area contributed by atoms with Gasteiger partial charge in [-0.1, -0.05) is 17.7 Å². The Labute approximate surface area is 105 Å². The zero-order chi connectivity index (χ0) is 11.8. The molecule has 0 bridgehead atoms. The number of hydrogen-bond donors (Lipinski definition) is 1. The fraction of sp³-hybridized carbons (Fsp3) is 0.308. The minimum atomic E-state index is 0.464. The Bertz CT molecular complexity index is 543. The van der Waals surface area contributed by atoms with E-state index in [1.807, 2.05) is 29.1 Å². The molecule has 88 valence electrons. The lowest BCUT2D eigenvalue weighted by atomic mass is 10.2. The fourth-order valence-electron chi connectivity index (χ4n) is 1.92. The van der Waals surface area contributed by atoms with Crippen LogP contribution >= 0.6 is 11.6 Å². The largest absolute Gasteiger partial charge is 0.326 e. The van der Waals surface area contributed by atoms with Crippen molar-refractivity contribution in [3.63, 3.8) is 0 Å². The molecule has 2 N–H and O–H groups in total. The molecule has 0 saturated heterocycles. The van der Waals surface area contributed by atoms with Crippen LogP contribution in [0, 0.1) is 0 Å². The number of halogens is 1. The molecule has 0 radical (unpaired) electrons. The van der Waals surface area contributed by atoms with E-state index in [9.17, 15) is 0 Å². The first-order valence-electron chi connectivity index (χ1n) is 5.82. The molecule has 1 aromatic carbocycles. The molecule has 2 aromatic rings. The summed E-state index contributed by atoms with van der Waals surface area (Å²) in [7, 11) is 0. The van der Waals surface area contributed by atoms with E-state index in [1.54, 1.807) is 0 Å². The monoisotopic (exact) mass is 247 g/mol. The Hall–Kier alpha value is -1.32. The second kappa shape index (κ2) is 4.17. The van der Waals surface area contributed by atoms with Crippen LogP contribution in [0.3, 0.4) is 0 Å². The molecular formula is C13H14ClN3. The van der Waals surface area contributed by atoms with Gasteiger partial charge < -0.3 is 5.73 Å². The van der Waals surface area contributed by atoms with Crippen molar-refractivity contribution in [2.24, 2.45) is 5.73 Å². The highest BCUT2D eigenvalue weighted by molar-refractivity contribution is 6.31. The minimum Gasteiger partial charge on any atom is -0.326 e. The number of rotatable bonds is 3. The van der Waals surface area contributed by atoms with Crippen molar-refractivity contribution in [2.45, 2.75) is 25.3 Å². The van der Waals surface area contributed by atoms with Crippen LogP contribution in [0.4, 0.5) is 0 Å². The van der Waals surface area contributed by atoms with E-state index >= 15 is 0 Å². The van der Waals surface area contributed by atoms with Gasteiger partial charge >= 0.3 is 0 Å². The van der Waals surface area contributed by atoms with Gasteiger partial charge in [-0.15, -0.1) is 0 Å². The number of nitrogens with two attached hydrogens (primary N) is 1. The third-order valence-corrected chi connectivity index (χ3v) is 3.48. The normalized spacial score (nSPS) is 15.2. The molecule has 3 rings (SSSR count). The first-order valence-corrected chi connectivity index (χ1v) is 6.20. The highest BCUT2D eigenvalue weighted by Crippen LogP contribution is 2.39. The first kappa shape index (κ1) is 10.8. The molecule has 0 atom stereocenters. The van der Waals surface area contributed by atoms with E-state index < -0.39 is 0 Å². The van der Waals surface area contributed by atoms with Gasteiger partial charge in [0, 0.05) is 23.7 Å². The zero-order valence-electron chi connectivity index (χ0n) is 9.44. The predicted molar refractivity (Wildman–Crippen MR) is 68.4 cm³/mol. The Morgan fingerprint density at radius 3 is 2.82 bits per heavy atom. The maximum absolute atomic E-state index is 6.14. The lowest BCUT2D eigenvalue weighted by molar-refractivity contribution is 0.836. The maximum Gasteiger partial charge on any atom is 0.0660 e. The van der Waals surface area contributed by atoms with Gasteiger partial charge in [0.15, 0.2) is 0 Å². The standard InChI is InChI=1S/C13H14ClN3/c14-12-7-11(4-3-10(12)8-15)17-6-5-13(16-17)9-1-2-9/h3-7,9H,1-2,8,15H2. The summed E-state index contributed by atoms with van der Waals surface area (Å²) < 4.78 is 1.87.